The molecule has 1 unspecified atom stereocenters. The predicted molar refractivity (Wildman–Crippen MR) is 104 cm³/mol. The molecule has 1 aromatic carbocycles. The molecular formula is C20H11ClF6N6. The minimum atomic E-state index is -4.98. The molecule has 6 nitrogen and oxygen atoms in total. The molecule has 4 rings (SSSR count). The first-order valence-corrected chi connectivity index (χ1v) is 9.57. The molecular weight excluding hydrogens is 474 g/mol. The highest BCUT2D eigenvalue weighted by Gasteiger charge is 2.59. The molecule has 0 fully saturated rings. The second kappa shape index (κ2) is 7.84. The summed E-state index contributed by atoms with van der Waals surface area (Å²) in [6.07, 6.45) is -8.05. The van der Waals surface area contributed by atoms with Gasteiger partial charge in [0.1, 0.15) is 35.0 Å². The third-order valence-electron chi connectivity index (χ3n) is 5.30. The number of hydrogen-bond acceptors (Lipinski definition) is 5. The normalized spacial score (nSPS) is 18.8. The van der Waals surface area contributed by atoms with E-state index < -0.39 is 47.1 Å². The van der Waals surface area contributed by atoms with Crippen LogP contribution in [-0.2, 0) is 11.6 Å². The van der Waals surface area contributed by atoms with Gasteiger partial charge in [0.2, 0.25) is 0 Å². The Hall–Kier alpha value is -3.46. The molecule has 0 amide bonds. The summed E-state index contributed by atoms with van der Waals surface area (Å²) in [6.45, 7) is -0.837. The van der Waals surface area contributed by atoms with Gasteiger partial charge in [0.05, 0.1) is 17.8 Å². The standard InChI is InChI=1S/C20H11ClF6N6/c21-17-5-13(4-16(32-17)19(22,23)24)18(20(25,26)27)6-14(30-8-18)11-1-2-15(12(3-11)7-28)33-10-29-9-31-33/h1-5,9-10H,6,8H2. The zero-order chi connectivity index (χ0) is 24.0. The van der Waals surface area contributed by atoms with E-state index in [0.29, 0.717) is 11.8 Å². The molecule has 0 aliphatic carbocycles. The predicted octanol–water partition coefficient (Wildman–Crippen LogP) is 4.90. The summed E-state index contributed by atoms with van der Waals surface area (Å²) in [4.78, 5) is 10.9. The molecule has 0 radical (unpaired) electrons. The van der Waals surface area contributed by atoms with Crippen molar-refractivity contribution in [1.29, 1.82) is 5.26 Å². The second-order valence-electron chi connectivity index (χ2n) is 7.26. The number of alkyl halides is 6. The fraction of sp³-hybridized carbons (Fsp3) is 0.250. The van der Waals surface area contributed by atoms with Gasteiger partial charge in [-0.3, -0.25) is 4.99 Å². The summed E-state index contributed by atoms with van der Waals surface area (Å²) in [6, 6.07) is 7.36. The quantitative estimate of drug-likeness (QED) is 0.391. The highest BCUT2D eigenvalue weighted by atomic mass is 35.5. The molecule has 33 heavy (non-hydrogen) atoms. The number of hydrogen-bond donors (Lipinski definition) is 0. The van der Waals surface area contributed by atoms with Crippen molar-refractivity contribution in [1.82, 2.24) is 19.7 Å². The maximum absolute atomic E-state index is 14.3. The highest BCUT2D eigenvalue weighted by Crippen LogP contribution is 2.49. The average molecular weight is 485 g/mol. The van der Waals surface area contributed by atoms with E-state index in [1.807, 2.05) is 6.07 Å². The number of halogens is 7. The van der Waals surface area contributed by atoms with Crippen LogP contribution in [0.4, 0.5) is 26.3 Å². The number of rotatable bonds is 3. The highest BCUT2D eigenvalue weighted by molar-refractivity contribution is 6.29. The summed E-state index contributed by atoms with van der Waals surface area (Å²) in [5.74, 6) is 0. The van der Waals surface area contributed by atoms with Crippen LogP contribution in [0, 0.1) is 11.3 Å². The first-order chi connectivity index (χ1) is 15.4. The molecule has 1 aliphatic heterocycles. The van der Waals surface area contributed by atoms with Crippen molar-refractivity contribution < 1.29 is 26.3 Å². The van der Waals surface area contributed by atoms with Crippen LogP contribution in [0.1, 0.15) is 28.8 Å². The van der Waals surface area contributed by atoms with Crippen molar-refractivity contribution in [2.45, 2.75) is 24.2 Å². The van der Waals surface area contributed by atoms with E-state index in [4.69, 9.17) is 11.6 Å². The first-order valence-electron chi connectivity index (χ1n) is 9.19. The van der Waals surface area contributed by atoms with Crippen molar-refractivity contribution >= 4 is 17.3 Å². The lowest BCUT2D eigenvalue weighted by molar-refractivity contribution is -0.184. The largest absolute Gasteiger partial charge is 0.433 e. The average Bonchev–Trinajstić information content (AvgIpc) is 3.43. The number of pyridine rings is 1. The molecule has 0 saturated carbocycles. The van der Waals surface area contributed by atoms with Gasteiger partial charge in [0.25, 0.3) is 0 Å². The van der Waals surface area contributed by atoms with E-state index in [-0.39, 0.29) is 16.8 Å². The van der Waals surface area contributed by atoms with E-state index in [9.17, 15) is 31.6 Å². The molecule has 2 aromatic heterocycles. The smallest absolute Gasteiger partial charge is 0.288 e. The van der Waals surface area contributed by atoms with Gasteiger partial charge >= 0.3 is 12.4 Å². The zero-order valence-electron chi connectivity index (χ0n) is 16.3. The Morgan fingerprint density at radius 3 is 2.45 bits per heavy atom. The molecule has 0 bridgehead atoms. The lowest BCUT2D eigenvalue weighted by Crippen LogP contribution is -2.44. The Bertz CT molecular complexity index is 1280. The van der Waals surface area contributed by atoms with Gasteiger partial charge in [-0.1, -0.05) is 17.7 Å². The zero-order valence-corrected chi connectivity index (χ0v) is 17.0. The summed E-state index contributed by atoms with van der Waals surface area (Å²) in [7, 11) is 0. The lowest BCUT2D eigenvalue weighted by Gasteiger charge is -2.32. The van der Waals surface area contributed by atoms with E-state index in [1.54, 1.807) is 0 Å². The Morgan fingerprint density at radius 2 is 1.85 bits per heavy atom. The Balaban J connectivity index is 1.75. The van der Waals surface area contributed by atoms with Crippen LogP contribution in [-0.4, -0.2) is 38.2 Å². The number of aromatic nitrogens is 4. The van der Waals surface area contributed by atoms with Crippen LogP contribution in [0.5, 0.6) is 0 Å². The number of nitriles is 1. The van der Waals surface area contributed by atoms with E-state index in [0.717, 1.165) is 6.07 Å². The Labute approximate surface area is 187 Å². The molecule has 3 heterocycles. The van der Waals surface area contributed by atoms with Gasteiger partial charge in [-0.2, -0.15) is 36.7 Å². The minimum Gasteiger partial charge on any atom is -0.288 e. The lowest BCUT2D eigenvalue weighted by atomic mass is 9.76. The molecule has 13 heteroatoms. The summed E-state index contributed by atoms with van der Waals surface area (Å²) in [5, 5.41) is 12.7. The second-order valence-corrected chi connectivity index (χ2v) is 7.65. The van der Waals surface area contributed by atoms with Crippen molar-refractivity contribution in [3.05, 3.63) is 70.5 Å². The molecule has 1 atom stereocenters. The van der Waals surface area contributed by atoms with Crippen molar-refractivity contribution in [3.63, 3.8) is 0 Å². The fourth-order valence-corrected chi connectivity index (χ4v) is 3.83. The van der Waals surface area contributed by atoms with Crippen LogP contribution in [0.3, 0.4) is 0 Å². The monoisotopic (exact) mass is 484 g/mol. The third-order valence-corrected chi connectivity index (χ3v) is 5.50. The van der Waals surface area contributed by atoms with E-state index in [2.05, 4.69) is 20.1 Å². The summed E-state index contributed by atoms with van der Waals surface area (Å²) < 4.78 is 83.6. The van der Waals surface area contributed by atoms with E-state index >= 15 is 0 Å². The number of aliphatic imine (C=N–C) groups is 1. The summed E-state index contributed by atoms with van der Waals surface area (Å²) in [5.41, 5.74) is -4.24. The van der Waals surface area contributed by atoms with Gasteiger partial charge in [0, 0.05) is 12.1 Å². The van der Waals surface area contributed by atoms with Gasteiger partial charge < -0.3 is 0 Å². The first kappa shape index (κ1) is 22.7. The fourth-order valence-electron chi connectivity index (χ4n) is 3.62. The summed E-state index contributed by atoms with van der Waals surface area (Å²) >= 11 is 5.64. The molecule has 0 N–H and O–H groups in total. The maximum atomic E-state index is 14.3. The van der Waals surface area contributed by atoms with Crippen LogP contribution in [0.25, 0.3) is 5.69 Å². The van der Waals surface area contributed by atoms with Crippen molar-refractivity contribution in [3.8, 4) is 11.8 Å². The minimum absolute atomic E-state index is 0.00420. The molecule has 0 saturated heterocycles. The topological polar surface area (TPSA) is 79.8 Å². The molecule has 0 spiro atoms. The Kier molecular flexibility index (Phi) is 5.40. The van der Waals surface area contributed by atoms with Crippen molar-refractivity contribution in [2.75, 3.05) is 6.54 Å². The van der Waals surface area contributed by atoms with Gasteiger partial charge in [-0.25, -0.2) is 14.6 Å². The number of benzene rings is 1. The van der Waals surface area contributed by atoms with Gasteiger partial charge in [0.15, 0.2) is 0 Å². The van der Waals surface area contributed by atoms with Crippen molar-refractivity contribution in [2.24, 2.45) is 4.99 Å². The SMILES string of the molecule is N#Cc1cc(C2=NCC(c3cc(Cl)nc(C(F)(F)F)c3)(C(F)(F)F)C2)ccc1-n1cncn1. The van der Waals surface area contributed by atoms with E-state index in [1.165, 1.54) is 35.5 Å². The van der Waals surface area contributed by atoms with Gasteiger partial charge in [-0.05, 0) is 35.4 Å². The van der Waals surface area contributed by atoms with Crippen LogP contribution < -0.4 is 0 Å². The van der Waals surface area contributed by atoms with Crippen LogP contribution in [0.15, 0.2) is 48.0 Å². The molecule has 1 aliphatic rings. The molecule has 3 aromatic rings. The van der Waals surface area contributed by atoms with Gasteiger partial charge in [-0.15, -0.1) is 0 Å². The third kappa shape index (κ3) is 4.04. The van der Waals surface area contributed by atoms with Crippen LogP contribution in [0.2, 0.25) is 5.15 Å². The maximum Gasteiger partial charge on any atom is 0.433 e. The molecule has 170 valence electrons. The number of nitrogens with zero attached hydrogens (tertiary/aromatic N) is 6. The van der Waals surface area contributed by atoms with Crippen LogP contribution >= 0.6 is 11.6 Å². The Morgan fingerprint density at radius 1 is 1.09 bits per heavy atom.